The van der Waals surface area contributed by atoms with Crippen LogP contribution in [0.3, 0.4) is 0 Å². The van der Waals surface area contributed by atoms with Crippen LogP contribution >= 0.6 is 11.3 Å². The Bertz CT molecular complexity index is 956. The van der Waals surface area contributed by atoms with E-state index in [1.807, 2.05) is 61.2 Å². The van der Waals surface area contributed by atoms with Gasteiger partial charge in [0.15, 0.2) is 5.82 Å². The van der Waals surface area contributed by atoms with Crippen molar-refractivity contribution in [2.24, 2.45) is 0 Å². The van der Waals surface area contributed by atoms with Gasteiger partial charge in [-0.15, -0.1) is 11.3 Å². The van der Waals surface area contributed by atoms with Gasteiger partial charge in [0.05, 0.1) is 22.6 Å². The van der Waals surface area contributed by atoms with E-state index in [-0.39, 0.29) is 0 Å². The summed E-state index contributed by atoms with van der Waals surface area (Å²) in [4.78, 5) is 14.9. The van der Waals surface area contributed by atoms with Crippen LogP contribution < -0.4 is 0 Å². The lowest BCUT2D eigenvalue weighted by atomic mass is 10.1. The lowest BCUT2D eigenvalue weighted by Gasteiger charge is -2.08. The number of aromatic nitrogens is 4. The van der Waals surface area contributed by atoms with Crippen LogP contribution in [0.15, 0.2) is 66.4 Å². The van der Waals surface area contributed by atoms with E-state index in [1.165, 1.54) is 4.88 Å². The molecule has 0 N–H and O–H groups in total. The average Bonchev–Trinajstić information content (AvgIpc) is 3.25. The minimum absolute atomic E-state index is 0.736. The van der Waals surface area contributed by atoms with Gasteiger partial charge in [-0.3, -0.25) is 0 Å². The number of thiazole rings is 1. The molecular weight excluding hydrogens is 316 g/mol. The lowest BCUT2D eigenvalue weighted by Crippen LogP contribution is -2.02. The number of aryl methyl sites for hydroxylation is 1. The summed E-state index contributed by atoms with van der Waals surface area (Å²) in [7, 11) is 0. The summed E-state index contributed by atoms with van der Waals surface area (Å²) in [6, 6.07) is 16.3. The van der Waals surface area contributed by atoms with E-state index in [0.717, 1.165) is 35.0 Å². The van der Waals surface area contributed by atoms with Crippen LogP contribution in [0.5, 0.6) is 0 Å². The van der Waals surface area contributed by atoms with Gasteiger partial charge >= 0.3 is 0 Å². The zero-order valence-electron chi connectivity index (χ0n) is 13.3. The van der Waals surface area contributed by atoms with Crippen molar-refractivity contribution < 1.29 is 0 Å². The number of hydrogen-bond acceptors (Lipinski definition) is 4. The molecule has 4 nitrogen and oxygen atoms in total. The third-order valence-corrected chi connectivity index (χ3v) is 4.65. The Morgan fingerprint density at radius 2 is 1.88 bits per heavy atom. The van der Waals surface area contributed by atoms with Crippen LogP contribution in [0.4, 0.5) is 0 Å². The van der Waals surface area contributed by atoms with Gasteiger partial charge in [0.2, 0.25) is 0 Å². The second kappa shape index (κ2) is 6.37. The lowest BCUT2D eigenvalue weighted by molar-refractivity contribution is 0.815. The highest BCUT2D eigenvalue weighted by Crippen LogP contribution is 2.27. The Hall–Kier alpha value is -2.79. The maximum Gasteiger partial charge on any atom is 0.158 e. The summed E-state index contributed by atoms with van der Waals surface area (Å²) in [5.41, 5.74) is 5.97. The maximum atomic E-state index is 4.59. The van der Waals surface area contributed by atoms with Gasteiger partial charge in [0.25, 0.3) is 0 Å². The first kappa shape index (κ1) is 14.8. The predicted octanol–water partition coefficient (Wildman–Crippen LogP) is 4.43. The molecule has 4 aromatic rings. The normalized spacial score (nSPS) is 10.9. The van der Waals surface area contributed by atoms with Gasteiger partial charge in [-0.1, -0.05) is 36.4 Å². The average molecular weight is 332 g/mol. The molecule has 0 aliphatic heterocycles. The minimum atomic E-state index is 0.736. The summed E-state index contributed by atoms with van der Waals surface area (Å²) in [6.45, 7) is 2.73. The van der Waals surface area contributed by atoms with Gasteiger partial charge < -0.3 is 4.57 Å². The fourth-order valence-corrected chi connectivity index (χ4v) is 3.49. The van der Waals surface area contributed by atoms with Crippen molar-refractivity contribution in [2.75, 3.05) is 0 Å². The van der Waals surface area contributed by atoms with Crippen molar-refractivity contribution >= 4 is 11.3 Å². The van der Waals surface area contributed by atoms with E-state index in [1.54, 1.807) is 11.3 Å². The monoisotopic (exact) mass is 332 g/mol. The molecule has 0 saturated carbocycles. The molecule has 0 atom stereocenters. The third kappa shape index (κ3) is 2.86. The largest absolute Gasteiger partial charge is 0.324 e. The molecule has 0 fully saturated rings. The molecule has 0 saturated heterocycles. The highest BCUT2D eigenvalue weighted by atomic mass is 32.1. The molecule has 118 valence electrons. The number of pyridine rings is 1. The highest BCUT2D eigenvalue weighted by molar-refractivity contribution is 7.10. The molecule has 0 radical (unpaired) electrons. The molecule has 3 heterocycles. The summed E-state index contributed by atoms with van der Waals surface area (Å²) < 4.78 is 2.13. The minimum Gasteiger partial charge on any atom is -0.324 e. The molecule has 0 aliphatic carbocycles. The van der Waals surface area contributed by atoms with Crippen LogP contribution in [-0.4, -0.2) is 19.5 Å². The molecule has 0 bridgehead atoms. The fraction of sp³-hybridized carbons (Fsp3) is 0.105. The van der Waals surface area contributed by atoms with E-state index in [4.69, 9.17) is 0 Å². The first-order valence-corrected chi connectivity index (χ1v) is 8.62. The van der Waals surface area contributed by atoms with Crippen LogP contribution in [0, 0.1) is 6.92 Å². The molecule has 0 aliphatic rings. The molecule has 3 aromatic heterocycles. The number of imidazole rings is 1. The van der Waals surface area contributed by atoms with Gasteiger partial charge in [-0.2, -0.15) is 0 Å². The van der Waals surface area contributed by atoms with Crippen molar-refractivity contribution in [2.45, 2.75) is 13.5 Å². The van der Waals surface area contributed by atoms with Crippen molar-refractivity contribution in [3.8, 4) is 22.8 Å². The van der Waals surface area contributed by atoms with E-state index >= 15 is 0 Å². The smallest absolute Gasteiger partial charge is 0.158 e. The first-order valence-electron chi connectivity index (χ1n) is 7.74. The molecule has 4 rings (SSSR count). The molecule has 24 heavy (non-hydrogen) atoms. The number of hydrogen-bond donors (Lipinski definition) is 0. The fourth-order valence-electron chi connectivity index (χ4n) is 2.71. The van der Waals surface area contributed by atoms with Gasteiger partial charge in [-0.25, -0.2) is 15.0 Å². The zero-order chi connectivity index (χ0) is 16.4. The summed E-state index contributed by atoms with van der Waals surface area (Å²) in [5, 5.41) is 0. The van der Waals surface area contributed by atoms with E-state index < -0.39 is 0 Å². The van der Waals surface area contributed by atoms with Gasteiger partial charge in [-0.05, 0) is 19.1 Å². The molecule has 0 unspecified atom stereocenters. The predicted molar refractivity (Wildman–Crippen MR) is 96.8 cm³/mol. The molecular formula is C19H16N4S. The number of nitrogens with zero attached hydrogens (tertiary/aromatic N) is 4. The molecule has 5 heteroatoms. The van der Waals surface area contributed by atoms with E-state index in [0.29, 0.717) is 0 Å². The van der Waals surface area contributed by atoms with Crippen LogP contribution in [0.25, 0.3) is 22.8 Å². The molecule has 0 spiro atoms. The van der Waals surface area contributed by atoms with Crippen molar-refractivity contribution in [3.63, 3.8) is 0 Å². The van der Waals surface area contributed by atoms with Crippen LogP contribution in [0.1, 0.15) is 10.6 Å². The first-order chi connectivity index (χ1) is 11.8. The summed E-state index contributed by atoms with van der Waals surface area (Å²) in [6.07, 6.45) is 3.82. The second-order valence-corrected chi connectivity index (χ2v) is 6.47. The van der Waals surface area contributed by atoms with Crippen LogP contribution in [0.2, 0.25) is 0 Å². The number of benzene rings is 1. The van der Waals surface area contributed by atoms with E-state index in [9.17, 15) is 0 Å². The van der Waals surface area contributed by atoms with Crippen molar-refractivity contribution in [1.29, 1.82) is 0 Å². The SMILES string of the molecule is Cc1cccc(-c2nccn2Cc2scnc2-c2ccccc2)n1. The van der Waals surface area contributed by atoms with Crippen molar-refractivity contribution in [1.82, 2.24) is 19.5 Å². The highest BCUT2D eigenvalue weighted by Gasteiger charge is 2.13. The third-order valence-electron chi connectivity index (χ3n) is 3.83. The Morgan fingerprint density at radius 1 is 1.00 bits per heavy atom. The van der Waals surface area contributed by atoms with Crippen LogP contribution in [-0.2, 0) is 6.54 Å². The van der Waals surface area contributed by atoms with E-state index in [2.05, 4.69) is 31.7 Å². The summed E-state index contributed by atoms with van der Waals surface area (Å²) in [5.74, 6) is 0.881. The zero-order valence-corrected chi connectivity index (χ0v) is 14.1. The molecule has 0 amide bonds. The second-order valence-electron chi connectivity index (χ2n) is 5.53. The molecule has 1 aromatic carbocycles. The Kier molecular flexibility index (Phi) is 3.92. The van der Waals surface area contributed by atoms with Crippen molar-refractivity contribution in [3.05, 3.63) is 77.0 Å². The Morgan fingerprint density at radius 3 is 2.71 bits per heavy atom. The Labute approximate surface area is 144 Å². The standard InChI is InChI=1S/C19H16N4S/c1-14-6-5-9-16(22-14)19-20-10-11-23(19)12-17-18(21-13-24-17)15-7-3-2-4-8-15/h2-11,13H,12H2,1H3. The maximum absolute atomic E-state index is 4.59. The Balaban J connectivity index is 1.69. The quantitative estimate of drug-likeness (QED) is 0.555. The topological polar surface area (TPSA) is 43.6 Å². The summed E-state index contributed by atoms with van der Waals surface area (Å²) >= 11 is 1.67. The van der Waals surface area contributed by atoms with Gasteiger partial charge in [0, 0.05) is 23.7 Å². The number of rotatable bonds is 4. The van der Waals surface area contributed by atoms with Gasteiger partial charge in [0.1, 0.15) is 5.69 Å².